The van der Waals surface area contributed by atoms with E-state index < -0.39 is 26.0 Å². The maximum Gasteiger partial charge on any atom is 0.237 e. The van der Waals surface area contributed by atoms with Crippen LogP contribution in [0.4, 0.5) is 10.1 Å². The van der Waals surface area contributed by atoms with Gasteiger partial charge in [0.25, 0.3) is 0 Å². The van der Waals surface area contributed by atoms with Crippen LogP contribution in [0.3, 0.4) is 0 Å². The molecule has 1 aromatic carbocycles. The molecule has 1 aliphatic rings. The summed E-state index contributed by atoms with van der Waals surface area (Å²) in [6, 6.07) is 4.42. The molecular formula is C11H11ClFNO3S. The third-order valence-electron chi connectivity index (χ3n) is 2.88. The minimum Gasteiger partial charge on any atom is -0.308 e. The maximum atomic E-state index is 13.7. The van der Waals surface area contributed by atoms with Crippen LogP contribution < -0.4 is 4.90 Å². The Morgan fingerprint density at radius 2 is 2.11 bits per heavy atom. The zero-order chi connectivity index (χ0) is 13.5. The number of amides is 1. The molecule has 2 rings (SSSR count). The molecule has 1 saturated heterocycles. The van der Waals surface area contributed by atoms with Crippen molar-refractivity contribution in [2.45, 2.75) is 18.6 Å². The molecule has 1 fully saturated rings. The van der Waals surface area contributed by atoms with E-state index in [2.05, 4.69) is 0 Å². The standard InChI is InChI=1S/C11H11ClFNO3S/c1-7-2-3-10(9(13)4-7)14-6-8(5-11(14)15)18(12,16)17/h2-4,8H,5-6H2,1H3. The third-order valence-corrected chi connectivity index (χ3v) is 4.75. The fourth-order valence-corrected chi connectivity index (χ4v) is 2.95. The molecule has 1 aliphatic heterocycles. The predicted molar refractivity (Wildman–Crippen MR) is 66.7 cm³/mol. The van der Waals surface area contributed by atoms with Crippen molar-refractivity contribution in [1.29, 1.82) is 0 Å². The monoisotopic (exact) mass is 291 g/mol. The van der Waals surface area contributed by atoms with Gasteiger partial charge in [0.05, 0.1) is 5.69 Å². The Labute approximate surface area is 109 Å². The second-order valence-corrected chi connectivity index (χ2v) is 7.17. The average Bonchev–Trinajstić information content (AvgIpc) is 2.60. The summed E-state index contributed by atoms with van der Waals surface area (Å²) in [7, 11) is 1.41. The lowest BCUT2D eigenvalue weighted by atomic mass is 10.2. The maximum absolute atomic E-state index is 13.7. The third kappa shape index (κ3) is 2.49. The van der Waals surface area contributed by atoms with Crippen molar-refractivity contribution in [3.05, 3.63) is 29.6 Å². The Balaban J connectivity index is 2.33. The summed E-state index contributed by atoms with van der Waals surface area (Å²) >= 11 is 0. The second-order valence-electron chi connectivity index (χ2n) is 4.26. The van der Waals surface area contributed by atoms with E-state index in [9.17, 15) is 17.6 Å². The van der Waals surface area contributed by atoms with Crippen LogP contribution in [-0.2, 0) is 13.8 Å². The molecule has 0 spiro atoms. The zero-order valence-corrected chi connectivity index (χ0v) is 11.1. The van der Waals surface area contributed by atoms with Crippen LogP contribution in [0.1, 0.15) is 12.0 Å². The van der Waals surface area contributed by atoms with Crippen LogP contribution in [0, 0.1) is 12.7 Å². The van der Waals surface area contributed by atoms with Crippen LogP contribution in [0.15, 0.2) is 18.2 Å². The fraction of sp³-hybridized carbons (Fsp3) is 0.364. The van der Waals surface area contributed by atoms with E-state index >= 15 is 0 Å². The molecule has 0 aromatic heterocycles. The normalized spacial score (nSPS) is 20.5. The first-order valence-corrected chi connectivity index (χ1v) is 7.66. The van der Waals surface area contributed by atoms with Crippen LogP contribution in [-0.4, -0.2) is 26.1 Å². The molecule has 1 amide bonds. The van der Waals surface area contributed by atoms with Gasteiger partial charge >= 0.3 is 0 Å². The van der Waals surface area contributed by atoms with Crippen molar-refractivity contribution < 1.29 is 17.6 Å². The lowest BCUT2D eigenvalue weighted by Gasteiger charge is -2.17. The fourth-order valence-electron chi connectivity index (χ4n) is 1.93. The number of hydrogen-bond donors (Lipinski definition) is 0. The van der Waals surface area contributed by atoms with E-state index in [4.69, 9.17) is 10.7 Å². The van der Waals surface area contributed by atoms with Gasteiger partial charge in [0.1, 0.15) is 11.1 Å². The number of rotatable bonds is 2. The summed E-state index contributed by atoms with van der Waals surface area (Å²) in [6.45, 7) is 1.62. The van der Waals surface area contributed by atoms with Gasteiger partial charge in [0.2, 0.25) is 15.0 Å². The molecule has 1 aromatic rings. The Bertz CT molecular complexity index is 602. The zero-order valence-electron chi connectivity index (χ0n) is 9.56. The Morgan fingerprint density at radius 1 is 1.44 bits per heavy atom. The summed E-state index contributed by atoms with van der Waals surface area (Å²) in [4.78, 5) is 12.8. The second kappa shape index (κ2) is 4.51. The van der Waals surface area contributed by atoms with Gasteiger partial charge in [0.15, 0.2) is 0 Å². The molecule has 0 radical (unpaired) electrons. The molecule has 7 heteroatoms. The summed E-state index contributed by atoms with van der Waals surface area (Å²) in [5, 5.41) is -0.979. The van der Waals surface area contributed by atoms with Gasteiger partial charge < -0.3 is 4.90 Å². The van der Waals surface area contributed by atoms with E-state index in [1.54, 1.807) is 13.0 Å². The lowest BCUT2D eigenvalue weighted by molar-refractivity contribution is -0.117. The largest absolute Gasteiger partial charge is 0.308 e. The van der Waals surface area contributed by atoms with Crippen molar-refractivity contribution in [1.82, 2.24) is 0 Å². The SMILES string of the molecule is Cc1ccc(N2CC(S(=O)(=O)Cl)CC2=O)c(F)c1. The minimum atomic E-state index is -3.81. The van der Waals surface area contributed by atoms with Crippen molar-refractivity contribution in [3.63, 3.8) is 0 Å². The predicted octanol–water partition coefficient (Wildman–Crippen LogP) is 1.81. The molecular weight excluding hydrogens is 281 g/mol. The molecule has 1 unspecified atom stereocenters. The number of benzene rings is 1. The van der Waals surface area contributed by atoms with E-state index in [1.807, 2.05) is 0 Å². The highest BCUT2D eigenvalue weighted by Gasteiger charge is 2.38. The van der Waals surface area contributed by atoms with Gasteiger partial charge in [0, 0.05) is 23.6 Å². The van der Waals surface area contributed by atoms with E-state index in [-0.39, 0.29) is 18.7 Å². The molecule has 18 heavy (non-hydrogen) atoms. The van der Waals surface area contributed by atoms with Gasteiger partial charge in [-0.2, -0.15) is 0 Å². The van der Waals surface area contributed by atoms with Crippen molar-refractivity contribution in [2.75, 3.05) is 11.4 Å². The molecule has 1 heterocycles. The molecule has 0 aliphatic carbocycles. The van der Waals surface area contributed by atoms with E-state index in [1.165, 1.54) is 12.1 Å². The number of nitrogens with zero attached hydrogens (tertiary/aromatic N) is 1. The van der Waals surface area contributed by atoms with Gasteiger partial charge in [-0.05, 0) is 24.6 Å². The summed E-state index contributed by atoms with van der Waals surface area (Å²) in [6.07, 6.45) is -0.209. The lowest BCUT2D eigenvalue weighted by Crippen LogP contribution is -2.27. The first-order chi connectivity index (χ1) is 8.29. The van der Waals surface area contributed by atoms with Crippen molar-refractivity contribution >= 4 is 31.3 Å². The molecule has 4 nitrogen and oxygen atoms in total. The number of carbonyl (C=O) groups is 1. The summed E-state index contributed by atoms with van der Waals surface area (Å²) in [5.74, 6) is -0.983. The minimum absolute atomic E-state index is 0.0911. The van der Waals surface area contributed by atoms with Gasteiger partial charge in [-0.15, -0.1) is 0 Å². The van der Waals surface area contributed by atoms with Crippen molar-refractivity contribution in [2.24, 2.45) is 0 Å². The smallest absolute Gasteiger partial charge is 0.237 e. The number of hydrogen-bond acceptors (Lipinski definition) is 3. The van der Waals surface area contributed by atoms with Gasteiger partial charge in [-0.25, -0.2) is 12.8 Å². The van der Waals surface area contributed by atoms with Crippen LogP contribution >= 0.6 is 10.7 Å². The number of carbonyl (C=O) groups excluding carboxylic acids is 1. The Morgan fingerprint density at radius 3 is 2.61 bits per heavy atom. The average molecular weight is 292 g/mol. The summed E-state index contributed by atoms with van der Waals surface area (Å²) in [5.41, 5.74) is 0.817. The quantitative estimate of drug-likeness (QED) is 0.781. The van der Waals surface area contributed by atoms with Gasteiger partial charge in [-0.1, -0.05) is 6.07 Å². The highest BCUT2D eigenvalue weighted by Crippen LogP contribution is 2.28. The molecule has 0 N–H and O–H groups in total. The number of anilines is 1. The molecule has 0 bridgehead atoms. The summed E-state index contributed by atoms with van der Waals surface area (Å²) < 4.78 is 36.1. The number of halogens is 2. The van der Waals surface area contributed by atoms with Crippen LogP contribution in [0.5, 0.6) is 0 Å². The first kappa shape index (κ1) is 13.3. The van der Waals surface area contributed by atoms with Crippen molar-refractivity contribution in [3.8, 4) is 0 Å². The number of aryl methyl sites for hydroxylation is 1. The first-order valence-electron chi connectivity index (χ1n) is 5.29. The van der Waals surface area contributed by atoms with E-state index in [0.29, 0.717) is 0 Å². The molecule has 1 atom stereocenters. The molecule has 0 saturated carbocycles. The Hall–Kier alpha value is -1.14. The molecule has 98 valence electrons. The highest BCUT2D eigenvalue weighted by molar-refractivity contribution is 8.14. The Kier molecular flexibility index (Phi) is 3.33. The topological polar surface area (TPSA) is 54.5 Å². The van der Waals surface area contributed by atoms with Crippen LogP contribution in [0.2, 0.25) is 0 Å². The van der Waals surface area contributed by atoms with Crippen LogP contribution in [0.25, 0.3) is 0 Å². The highest BCUT2D eigenvalue weighted by atomic mass is 35.7. The van der Waals surface area contributed by atoms with E-state index in [0.717, 1.165) is 10.5 Å². The van der Waals surface area contributed by atoms with Gasteiger partial charge in [-0.3, -0.25) is 4.79 Å².